The average molecular weight is 230 g/mol. The van der Waals surface area contributed by atoms with Gasteiger partial charge in [0, 0.05) is 6.04 Å². The van der Waals surface area contributed by atoms with Crippen molar-refractivity contribution in [2.75, 3.05) is 13.1 Å². The molecule has 1 amide bonds. The Labute approximate surface area is 98.8 Å². The van der Waals surface area contributed by atoms with Crippen molar-refractivity contribution in [3.05, 3.63) is 0 Å². The van der Waals surface area contributed by atoms with E-state index in [4.69, 9.17) is 0 Å². The first-order valence-electron chi connectivity index (χ1n) is 6.32. The van der Waals surface area contributed by atoms with E-state index < -0.39 is 0 Å². The third-order valence-electron chi connectivity index (χ3n) is 2.76. The molecule has 0 spiro atoms. The van der Waals surface area contributed by atoms with Crippen LogP contribution in [0.1, 0.15) is 46.5 Å². The highest BCUT2D eigenvalue weighted by atomic mass is 16.3. The van der Waals surface area contributed by atoms with Gasteiger partial charge in [-0.2, -0.15) is 0 Å². The lowest BCUT2D eigenvalue weighted by Gasteiger charge is -2.15. The maximum atomic E-state index is 11.4. The highest BCUT2D eigenvalue weighted by Gasteiger charge is 2.07. The van der Waals surface area contributed by atoms with Gasteiger partial charge in [0.1, 0.15) is 0 Å². The lowest BCUT2D eigenvalue weighted by atomic mass is 10.2. The summed E-state index contributed by atoms with van der Waals surface area (Å²) in [5.41, 5.74) is 0. The van der Waals surface area contributed by atoms with Gasteiger partial charge in [0.15, 0.2) is 0 Å². The smallest absolute Gasteiger partial charge is 0.234 e. The Balaban J connectivity index is 3.50. The van der Waals surface area contributed by atoms with Gasteiger partial charge in [-0.25, -0.2) is 0 Å². The van der Waals surface area contributed by atoms with Crippen LogP contribution in [0.3, 0.4) is 0 Å². The maximum absolute atomic E-state index is 11.4. The second kappa shape index (κ2) is 9.60. The SMILES string of the molecule is CCC(O)CCNCC(=O)NC(CC)CC. The van der Waals surface area contributed by atoms with Gasteiger partial charge in [0.2, 0.25) is 5.91 Å². The fourth-order valence-corrected chi connectivity index (χ4v) is 1.45. The summed E-state index contributed by atoms with van der Waals surface area (Å²) < 4.78 is 0. The number of amides is 1. The summed E-state index contributed by atoms with van der Waals surface area (Å²) in [5, 5.41) is 15.3. The maximum Gasteiger partial charge on any atom is 0.234 e. The molecule has 0 heterocycles. The van der Waals surface area contributed by atoms with Crippen LogP contribution in [-0.2, 0) is 4.79 Å². The number of hydrogen-bond acceptors (Lipinski definition) is 3. The molecule has 0 saturated heterocycles. The summed E-state index contributed by atoms with van der Waals surface area (Å²) in [6.45, 7) is 7.11. The zero-order valence-corrected chi connectivity index (χ0v) is 10.8. The lowest BCUT2D eigenvalue weighted by molar-refractivity contribution is -0.121. The van der Waals surface area contributed by atoms with Crippen LogP contribution < -0.4 is 10.6 Å². The molecule has 0 bridgehead atoms. The van der Waals surface area contributed by atoms with Crippen molar-refractivity contribution in [3.63, 3.8) is 0 Å². The Morgan fingerprint density at radius 2 is 1.81 bits per heavy atom. The molecular formula is C12H26N2O2. The molecule has 4 nitrogen and oxygen atoms in total. The van der Waals surface area contributed by atoms with Crippen molar-refractivity contribution in [1.82, 2.24) is 10.6 Å². The van der Waals surface area contributed by atoms with Crippen molar-refractivity contribution in [2.45, 2.75) is 58.6 Å². The number of nitrogens with one attached hydrogen (secondary N) is 2. The summed E-state index contributed by atoms with van der Waals surface area (Å²) >= 11 is 0. The van der Waals surface area contributed by atoms with Crippen LogP contribution in [0.5, 0.6) is 0 Å². The van der Waals surface area contributed by atoms with Crippen LogP contribution >= 0.6 is 0 Å². The second-order valence-electron chi connectivity index (χ2n) is 4.11. The molecule has 1 unspecified atom stereocenters. The number of carbonyl (C=O) groups excluding carboxylic acids is 1. The fraction of sp³-hybridized carbons (Fsp3) is 0.917. The molecule has 0 rings (SSSR count). The molecule has 0 radical (unpaired) electrons. The quantitative estimate of drug-likeness (QED) is 0.519. The van der Waals surface area contributed by atoms with E-state index in [2.05, 4.69) is 24.5 Å². The summed E-state index contributed by atoms with van der Waals surface area (Å²) in [4.78, 5) is 11.4. The average Bonchev–Trinajstić information content (AvgIpc) is 2.31. The first-order chi connectivity index (χ1) is 7.63. The molecule has 96 valence electrons. The number of rotatable bonds is 9. The molecular weight excluding hydrogens is 204 g/mol. The van der Waals surface area contributed by atoms with Gasteiger partial charge in [0.05, 0.1) is 12.6 Å². The van der Waals surface area contributed by atoms with Crippen molar-refractivity contribution in [3.8, 4) is 0 Å². The molecule has 4 heteroatoms. The predicted molar refractivity (Wildman–Crippen MR) is 66.3 cm³/mol. The second-order valence-corrected chi connectivity index (χ2v) is 4.11. The van der Waals surface area contributed by atoms with Crippen molar-refractivity contribution >= 4 is 5.91 Å². The molecule has 0 aliphatic rings. The number of aliphatic hydroxyl groups excluding tert-OH is 1. The standard InChI is InChI=1S/C12H26N2O2/c1-4-10(5-2)14-12(16)9-13-8-7-11(15)6-3/h10-11,13,15H,4-9H2,1-3H3,(H,14,16). The Hall–Kier alpha value is -0.610. The zero-order chi connectivity index (χ0) is 12.4. The van der Waals surface area contributed by atoms with E-state index in [0.717, 1.165) is 19.3 Å². The van der Waals surface area contributed by atoms with Gasteiger partial charge >= 0.3 is 0 Å². The largest absolute Gasteiger partial charge is 0.393 e. The molecule has 0 saturated carbocycles. The van der Waals surface area contributed by atoms with Gasteiger partial charge in [-0.05, 0) is 32.2 Å². The normalized spacial score (nSPS) is 12.8. The first kappa shape index (κ1) is 15.4. The first-order valence-corrected chi connectivity index (χ1v) is 6.32. The number of aliphatic hydroxyl groups is 1. The van der Waals surface area contributed by atoms with Gasteiger partial charge in [0.25, 0.3) is 0 Å². The molecule has 16 heavy (non-hydrogen) atoms. The Kier molecular flexibility index (Phi) is 9.24. The van der Waals surface area contributed by atoms with Crippen LogP contribution in [-0.4, -0.2) is 36.2 Å². The van der Waals surface area contributed by atoms with E-state index in [1.54, 1.807) is 0 Å². The van der Waals surface area contributed by atoms with E-state index in [1.807, 2.05) is 6.92 Å². The topological polar surface area (TPSA) is 61.4 Å². The Morgan fingerprint density at radius 1 is 1.19 bits per heavy atom. The van der Waals surface area contributed by atoms with Gasteiger partial charge in [-0.1, -0.05) is 20.8 Å². The van der Waals surface area contributed by atoms with Gasteiger partial charge < -0.3 is 15.7 Å². The van der Waals surface area contributed by atoms with Gasteiger partial charge in [-0.3, -0.25) is 4.79 Å². The summed E-state index contributed by atoms with van der Waals surface area (Å²) in [6.07, 6.45) is 3.15. The molecule has 0 aromatic carbocycles. The van der Waals surface area contributed by atoms with Gasteiger partial charge in [-0.15, -0.1) is 0 Å². The third kappa shape index (κ3) is 7.65. The van der Waals surface area contributed by atoms with E-state index >= 15 is 0 Å². The minimum atomic E-state index is -0.255. The molecule has 0 aromatic rings. The summed E-state index contributed by atoms with van der Waals surface area (Å²) in [7, 11) is 0. The molecule has 1 atom stereocenters. The predicted octanol–water partition coefficient (Wildman–Crippen LogP) is 1.04. The zero-order valence-electron chi connectivity index (χ0n) is 10.8. The highest BCUT2D eigenvalue weighted by molar-refractivity contribution is 5.78. The fourth-order valence-electron chi connectivity index (χ4n) is 1.45. The Bertz CT molecular complexity index is 182. The lowest BCUT2D eigenvalue weighted by Crippen LogP contribution is -2.40. The monoisotopic (exact) mass is 230 g/mol. The van der Waals surface area contributed by atoms with Crippen molar-refractivity contribution in [2.24, 2.45) is 0 Å². The van der Waals surface area contributed by atoms with Crippen LogP contribution in [0, 0.1) is 0 Å². The van der Waals surface area contributed by atoms with E-state index in [0.29, 0.717) is 19.5 Å². The molecule has 0 aliphatic heterocycles. The van der Waals surface area contributed by atoms with E-state index in [9.17, 15) is 9.90 Å². The van der Waals surface area contributed by atoms with Crippen molar-refractivity contribution < 1.29 is 9.90 Å². The minimum absolute atomic E-state index is 0.0414. The summed E-state index contributed by atoms with van der Waals surface area (Å²) in [6, 6.07) is 0.288. The van der Waals surface area contributed by atoms with E-state index in [1.165, 1.54) is 0 Å². The van der Waals surface area contributed by atoms with Crippen LogP contribution in [0.25, 0.3) is 0 Å². The van der Waals surface area contributed by atoms with Crippen molar-refractivity contribution in [1.29, 1.82) is 0 Å². The van der Waals surface area contributed by atoms with Crippen LogP contribution in [0.4, 0.5) is 0 Å². The molecule has 3 N–H and O–H groups in total. The third-order valence-corrected chi connectivity index (χ3v) is 2.76. The number of hydrogen-bond donors (Lipinski definition) is 3. The molecule has 0 aromatic heterocycles. The number of carbonyl (C=O) groups is 1. The molecule has 0 aliphatic carbocycles. The van der Waals surface area contributed by atoms with Crippen LogP contribution in [0.15, 0.2) is 0 Å². The van der Waals surface area contributed by atoms with Crippen LogP contribution in [0.2, 0.25) is 0 Å². The molecule has 0 fully saturated rings. The van der Waals surface area contributed by atoms with E-state index in [-0.39, 0.29) is 18.1 Å². The summed E-state index contributed by atoms with van der Waals surface area (Å²) in [5.74, 6) is 0.0414. The minimum Gasteiger partial charge on any atom is -0.393 e. The Morgan fingerprint density at radius 3 is 2.31 bits per heavy atom. The highest BCUT2D eigenvalue weighted by Crippen LogP contribution is 1.96.